The Morgan fingerprint density at radius 2 is 2.28 bits per heavy atom. The molecule has 0 radical (unpaired) electrons. The Labute approximate surface area is 106 Å². The summed E-state index contributed by atoms with van der Waals surface area (Å²) in [5.41, 5.74) is 0.720. The van der Waals surface area contributed by atoms with Crippen LogP contribution in [0.25, 0.3) is 6.08 Å². The van der Waals surface area contributed by atoms with Gasteiger partial charge in [0.15, 0.2) is 11.5 Å². The van der Waals surface area contributed by atoms with Crippen LogP contribution in [-0.2, 0) is 4.79 Å². The predicted octanol–water partition coefficient (Wildman–Crippen LogP) is 2.58. The average molecular weight is 248 g/mol. The zero-order valence-corrected chi connectivity index (χ0v) is 10.3. The van der Waals surface area contributed by atoms with E-state index in [-0.39, 0.29) is 0 Å². The zero-order chi connectivity index (χ0) is 13.0. The first-order valence-electron chi connectivity index (χ1n) is 5.91. The molecule has 2 rings (SSSR count). The maximum atomic E-state index is 10.6. The summed E-state index contributed by atoms with van der Waals surface area (Å²) in [5, 5.41) is 8.66. The van der Waals surface area contributed by atoms with Crippen LogP contribution in [0.2, 0.25) is 0 Å². The van der Waals surface area contributed by atoms with Crippen molar-refractivity contribution in [1.29, 1.82) is 0 Å². The monoisotopic (exact) mass is 248 g/mol. The van der Waals surface area contributed by atoms with Gasteiger partial charge in [-0.2, -0.15) is 0 Å². The lowest BCUT2D eigenvalue weighted by Crippen LogP contribution is -2.02. The highest BCUT2D eigenvalue weighted by Crippen LogP contribution is 2.35. The zero-order valence-electron chi connectivity index (χ0n) is 10.3. The van der Waals surface area contributed by atoms with E-state index in [0.717, 1.165) is 11.6 Å². The van der Waals surface area contributed by atoms with E-state index in [1.807, 2.05) is 12.1 Å². The highest BCUT2D eigenvalue weighted by Gasteiger charge is 2.23. The number of hydrogen-bond donors (Lipinski definition) is 1. The van der Waals surface area contributed by atoms with E-state index in [0.29, 0.717) is 24.0 Å². The Bertz CT molecular complexity index is 461. The van der Waals surface area contributed by atoms with Crippen molar-refractivity contribution in [3.8, 4) is 11.5 Å². The van der Waals surface area contributed by atoms with Crippen molar-refractivity contribution in [2.75, 3.05) is 13.7 Å². The summed E-state index contributed by atoms with van der Waals surface area (Å²) < 4.78 is 11.0. The molecular formula is C14H16O4. The fourth-order valence-electron chi connectivity index (χ4n) is 1.63. The van der Waals surface area contributed by atoms with Crippen LogP contribution in [0, 0.1) is 5.92 Å². The summed E-state index contributed by atoms with van der Waals surface area (Å²) in [4.78, 5) is 10.6. The summed E-state index contributed by atoms with van der Waals surface area (Å²) >= 11 is 0. The molecule has 18 heavy (non-hydrogen) atoms. The third-order valence-electron chi connectivity index (χ3n) is 2.80. The number of aliphatic carboxylic acids is 1. The standard InChI is InChI=1S/C14H16O4/c1-17-12-4-2-3-11(7-8-13(15)16)14(12)18-9-10-5-6-10/h2-4,7-8,10H,5-6,9H2,1H3,(H,15,16). The number of carboxylic acids is 1. The number of methoxy groups -OCH3 is 1. The second-order valence-electron chi connectivity index (χ2n) is 4.30. The van der Waals surface area contributed by atoms with E-state index in [1.165, 1.54) is 18.9 Å². The smallest absolute Gasteiger partial charge is 0.328 e. The van der Waals surface area contributed by atoms with E-state index < -0.39 is 5.97 Å². The van der Waals surface area contributed by atoms with E-state index in [1.54, 1.807) is 13.2 Å². The Kier molecular flexibility index (Phi) is 3.87. The third-order valence-corrected chi connectivity index (χ3v) is 2.80. The summed E-state index contributed by atoms with van der Waals surface area (Å²) in [6.45, 7) is 0.661. The van der Waals surface area contributed by atoms with Crippen LogP contribution in [0.15, 0.2) is 24.3 Å². The first-order chi connectivity index (χ1) is 8.70. The lowest BCUT2D eigenvalue weighted by Gasteiger charge is -2.12. The Morgan fingerprint density at radius 1 is 1.50 bits per heavy atom. The minimum Gasteiger partial charge on any atom is -0.493 e. The number of hydrogen-bond acceptors (Lipinski definition) is 3. The first-order valence-corrected chi connectivity index (χ1v) is 5.91. The third kappa shape index (κ3) is 3.26. The van der Waals surface area contributed by atoms with E-state index >= 15 is 0 Å². The van der Waals surface area contributed by atoms with Crippen molar-refractivity contribution in [1.82, 2.24) is 0 Å². The molecule has 1 fully saturated rings. The highest BCUT2D eigenvalue weighted by molar-refractivity contribution is 5.86. The molecule has 1 aromatic carbocycles. The molecule has 1 aromatic rings. The lowest BCUT2D eigenvalue weighted by atomic mass is 10.1. The van der Waals surface area contributed by atoms with Crippen LogP contribution in [-0.4, -0.2) is 24.8 Å². The van der Waals surface area contributed by atoms with Gasteiger partial charge in [-0.15, -0.1) is 0 Å². The van der Waals surface area contributed by atoms with E-state index in [9.17, 15) is 4.79 Å². The molecule has 0 unspecified atom stereocenters. The maximum Gasteiger partial charge on any atom is 0.328 e. The van der Waals surface area contributed by atoms with Crippen LogP contribution in [0.3, 0.4) is 0 Å². The van der Waals surface area contributed by atoms with Crippen molar-refractivity contribution in [2.24, 2.45) is 5.92 Å². The molecular weight excluding hydrogens is 232 g/mol. The van der Waals surface area contributed by atoms with Crippen molar-refractivity contribution in [3.63, 3.8) is 0 Å². The Morgan fingerprint density at radius 3 is 2.89 bits per heavy atom. The maximum absolute atomic E-state index is 10.6. The van der Waals surface area contributed by atoms with Gasteiger partial charge in [-0.25, -0.2) is 4.79 Å². The summed E-state index contributed by atoms with van der Waals surface area (Å²) in [7, 11) is 1.57. The Hall–Kier alpha value is -1.97. The molecule has 1 N–H and O–H groups in total. The molecule has 1 aliphatic rings. The molecule has 0 atom stereocenters. The largest absolute Gasteiger partial charge is 0.493 e. The topological polar surface area (TPSA) is 55.8 Å². The quantitative estimate of drug-likeness (QED) is 0.786. The molecule has 0 amide bonds. The van der Waals surface area contributed by atoms with Crippen molar-refractivity contribution in [2.45, 2.75) is 12.8 Å². The minimum atomic E-state index is -0.981. The van der Waals surface area contributed by atoms with Gasteiger partial charge in [0, 0.05) is 11.6 Å². The molecule has 1 aliphatic carbocycles. The van der Waals surface area contributed by atoms with Gasteiger partial charge >= 0.3 is 5.97 Å². The molecule has 0 aromatic heterocycles. The summed E-state index contributed by atoms with van der Waals surface area (Å²) in [6, 6.07) is 5.43. The predicted molar refractivity (Wildman–Crippen MR) is 67.9 cm³/mol. The van der Waals surface area contributed by atoms with Crippen molar-refractivity contribution in [3.05, 3.63) is 29.8 Å². The van der Waals surface area contributed by atoms with Crippen molar-refractivity contribution >= 4 is 12.0 Å². The second kappa shape index (κ2) is 5.58. The van der Waals surface area contributed by atoms with Crippen LogP contribution < -0.4 is 9.47 Å². The summed E-state index contributed by atoms with van der Waals surface area (Å²) in [6.07, 6.45) is 5.02. The van der Waals surface area contributed by atoms with Gasteiger partial charge in [-0.05, 0) is 30.9 Å². The van der Waals surface area contributed by atoms with Crippen molar-refractivity contribution < 1.29 is 19.4 Å². The van der Waals surface area contributed by atoms with Gasteiger partial charge in [-0.3, -0.25) is 0 Å². The van der Waals surface area contributed by atoms with Crippen LogP contribution >= 0.6 is 0 Å². The van der Waals surface area contributed by atoms with Gasteiger partial charge in [0.05, 0.1) is 13.7 Å². The highest BCUT2D eigenvalue weighted by atomic mass is 16.5. The molecule has 1 saturated carbocycles. The normalized spacial score (nSPS) is 14.7. The summed E-state index contributed by atoms with van der Waals surface area (Å²) in [5.74, 6) is 0.893. The van der Waals surface area contributed by atoms with Gasteiger partial charge in [-0.1, -0.05) is 12.1 Å². The van der Waals surface area contributed by atoms with Gasteiger partial charge < -0.3 is 14.6 Å². The van der Waals surface area contributed by atoms with Gasteiger partial charge in [0.25, 0.3) is 0 Å². The van der Waals surface area contributed by atoms with Crippen LogP contribution in [0.4, 0.5) is 0 Å². The molecule has 4 heteroatoms. The average Bonchev–Trinajstić information content (AvgIpc) is 3.17. The second-order valence-corrected chi connectivity index (χ2v) is 4.30. The molecule has 96 valence electrons. The van der Waals surface area contributed by atoms with Gasteiger partial charge in [0.1, 0.15) is 0 Å². The first kappa shape index (κ1) is 12.5. The number of ether oxygens (including phenoxy) is 2. The molecule has 0 aliphatic heterocycles. The van der Waals surface area contributed by atoms with Crippen LogP contribution in [0.1, 0.15) is 18.4 Å². The number of para-hydroxylation sites is 1. The number of carboxylic acid groups (broad SMARTS) is 1. The molecule has 0 saturated heterocycles. The van der Waals surface area contributed by atoms with Gasteiger partial charge in [0.2, 0.25) is 0 Å². The SMILES string of the molecule is COc1cccc(C=CC(=O)O)c1OCC1CC1. The molecule has 0 spiro atoms. The molecule has 4 nitrogen and oxygen atoms in total. The number of benzene rings is 1. The fraction of sp³-hybridized carbons (Fsp3) is 0.357. The number of carbonyl (C=O) groups is 1. The fourth-order valence-corrected chi connectivity index (χ4v) is 1.63. The molecule has 0 heterocycles. The van der Waals surface area contributed by atoms with E-state index in [2.05, 4.69) is 0 Å². The van der Waals surface area contributed by atoms with E-state index in [4.69, 9.17) is 14.6 Å². The van der Waals surface area contributed by atoms with Crippen LogP contribution in [0.5, 0.6) is 11.5 Å². The number of rotatable bonds is 6. The minimum absolute atomic E-state index is 0.615. The lowest BCUT2D eigenvalue weighted by molar-refractivity contribution is -0.131. The molecule has 0 bridgehead atoms. The Balaban J connectivity index is 2.21.